The molecule has 0 aliphatic carbocycles. The Morgan fingerprint density at radius 2 is 1.58 bits per heavy atom. The van der Waals surface area contributed by atoms with Gasteiger partial charge >= 0.3 is 17.6 Å². The molecule has 6 nitrogen and oxygen atoms in total. The zero-order valence-corrected chi connectivity index (χ0v) is 14.5. The predicted octanol–water partition coefficient (Wildman–Crippen LogP) is 3.62. The van der Waals surface area contributed by atoms with Crippen LogP contribution < -0.4 is 15.1 Å². The van der Waals surface area contributed by atoms with Crippen LogP contribution in [0.1, 0.15) is 19.4 Å². The maximum atomic E-state index is 12.6. The quantitative estimate of drug-likeness (QED) is 0.407. The Labute approximate surface area is 149 Å². The number of rotatable bonds is 3. The molecule has 3 aromatic rings. The zero-order valence-electron chi connectivity index (χ0n) is 14.5. The molecule has 0 unspecified atom stereocenters. The highest BCUT2D eigenvalue weighted by molar-refractivity contribution is 5.94. The van der Waals surface area contributed by atoms with E-state index in [4.69, 9.17) is 13.9 Å². The van der Waals surface area contributed by atoms with Gasteiger partial charge in [0, 0.05) is 19.2 Å². The summed E-state index contributed by atoms with van der Waals surface area (Å²) in [5, 5.41) is 0.579. The van der Waals surface area contributed by atoms with E-state index in [9.17, 15) is 14.4 Å². The van der Waals surface area contributed by atoms with Crippen molar-refractivity contribution in [1.29, 1.82) is 0 Å². The van der Waals surface area contributed by atoms with Crippen molar-refractivity contribution in [3.63, 3.8) is 0 Å². The van der Waals surface area contributed by atoms with E-state index in [1.54, 1.807) is 13.0 Å². The number of fused-ring (bicyclic) bond motifs is 1. The smallest absolute Gasteiger partial charge is 0.344 e. The number of hydrogen-bond acceptors (Lipinski definition) is 6. The van der Waals surface area contributed by atoms with Crippen molar-refractivity contribution in [2.75, 3.05) is 0 Å². The third-order valence-electron chi connectivity index (χ3n) is 3.82. The molecule has 2 aromatic carbocycles. The second kappa shape index (κ2) is 6.84. The summed E-state index contributed by atoms with van der Waals surface area (Å²) in [6, 6.07) is 12.3. The van der Waals surface area contributed by atoms with Gasteiger partial charge < -0.3 is 13.9 Å². The first-order valence-electron chi connectivity index (χ1n) is 7.91. The van der Waals surface area contributed by atoms with E-state index in [1.807, 2.05) is 30.3 Å². The standard InChI is InChI=1S/C20H16O6/c1-11-15-9-10-16(24-12(2)21)19(25-13(3)22)18(15)26-20(23)17(11)14-7-5-4-6-8-14/h4-10H,1-3H3. The molecule has 0 aliphatic heterocycles. The molecular weight excluding hydrogens is 336 g/mol. The Morgan fingerprint density at radius 1 is 0.923 bits per heavy atom. The molecule has 0 fully saturated rings. The summed E-state index contributed by atoms with van der Waals surface area (Å²) >= 11 is 0. The zero-order chi connectivity index (χ0) is 18.8. The molecule has 0 N–H and O–H groups in total. The Kier molecular flexibility index (Phi) is 4.58. The monoisotopic (exact) mass is 352 g/mol. The fraction of sp³-hybridized carbons (Fsp3) is 0.150. The molecule has 1 heterocycles. The van der Waals surface area contributed by atoms with Crippen LogP contribution in [0.5, 0.6) is 11.5 Å². The molecule has 0 saturated carbocycles. The summed E-state index contributed by atoms with van der Waals surface area (Å²) in [5.41, 5.74) is 1.30. The third kappa shape index (κ3) is 3.21. The molecular formula is C20H16O6. The fourth-order valence-electron chi connectivity index (χ4n) is 2.79. The average molecular weight is 352 g/mol. The third-order valence-corrected chi connectivity index (χ3v) is 3.82. The van der Waals surface area contributed by atoms with Crippen LogP contribution in [0, 0.1) is 6.92 Å². The van der Waals surface area contributed by atoms with E-state index in [2.05, 4.69) is 0 Å². The highest BCUT2D eigenvalue weighted by atomic mass is 16.6. The number of aryl methyl sites for hydroxylation is 1. The van der Waals surface area contributed by atoms with Crippen molar-refractivity contribution in [3.05, 3.63) is 58.4 Å². The van der Waals surface area contributed by atoms with Gasteiger partial charge in [0.05, 0.1) is 5.56 Å². The Hall–Kier alpha value is -3.41. The number of carbonyl (C=O) groups is 2. The fourth-order valence-corrected chi connectivity index (χ4v) is 2.79. The normalized spacial score (nSPS) is 10.6. The lowest BCUT2D eigenvalue weighted by Crippen LogP contribution is -2.10. The van der Waals surface area contributed by atoms with Crippen molar-refractivity contribution < 1.29 is 23.5 Å². The van der Waals surface area contributed by atoms with Gasteiger partial charge in [-0.05, 0) is 30.2 Å². The van der Waals surface area contributed by atoms with Crippen LogP contribution in [-0.4, -0.2) is 11.9 Å². The van der Waals surface area contributed by atoms with Crippen molar-refractivity contribution >= 4 is 22.9 Å². The van der Waals surface area contributed by atoms with Gasteiger partial charge in [-0.3, -0.25) is 9.59 Å². The van der Waals surface area contributed by atoms with Gasteiger partial charge in [0.1, 0.15) is 0 Å². The number of benzene rings is 2. The SMILES string of the molecule is CC(=O)Oc1ccc2c(C)c(-c3ccccc3)c(=O)oc2c1OC(C)=O. The first-order chi connectivity index (χ1) is 12.4. The summed E-state index contributed by atoms with van der Waals surface area (Å²) in [4.78, 5) is 35.4. The van der Waals surface area contributed by atoms with E-state index in [1.165, 1.54) is 19.9 Å². The molecule has 0 radical (unpaired) electrons. The topological polar surface area (TPSA) is 82.8 Å². The van der Waals surface area contributed by atoms with E-state index in [0.717, 1.165) is 5.56 Å². The van der Waals surface area contributed by atoms with Crippen LogP contribution >= 0.6 is 0 Å². The predicted molar refractivity (Wildman–Crippen MR) is 95.3 cm³/mol. The molecule has 0 aliphatic rings. The van der Waals surface area contributed by atoms with Gasteiger partial charge in [-0.25, -0.2) is 4.79 Å². The summed E-state index contributed by atoms with van der Waals surface area (Å²) < 4.78 is 15.7. The van der Waals surface area contributed by atoms with Gasteiger partial charge in [-0.1, -0.05) is 30.3 Å². The van der Waals surface area contributed by atoms with E-state index in [-0.39, 0.29) is 17.1 Å². The minimum Gasteiger partial charge on any atom is -0.423 e. The van der Waals surface area contributed by atoms with Gasteiger partial charge in [0.25, 0.3) is 0 Å². The Morgan fingerprint density at radius 3 is 2.19 bits per heavy atom. The van der Waals surface area contributed by atoms with Gasteiger partial charge in [0.15, 0.2) is 11.3 Å². The summed E-state index contributed by atoms with van der Waals surface area (Å²) in [5.74, 6) is -1.30. The van der Waals surface area contributed by atoms with Crippen molar-refractivity contribution in [2.45, 2.75) is 20.8 Å². The minimum absolute atomic E-state index is 0.00945. The van der Waals surface area contributed by atoms with Crippen molar-refractivity contribution in [2.24, 2.45) is 0 Å². The lowest BCUT2D eigenvalue weighted by molar-refractivity contribution is -0.134. The van der Waals surface area contributed by atoms with Crippen molar-refractivity contribution in [3.8, 4) is 22.6 Å². The highest BCUT2D eigenvalue weighted by Crippen LogP contribution is 2.38. The molecule has 0 amide bonds. The van der Waals surface area contributed by atoms with Gasteiger partial charge in [-0.2, -0.15) is 0 Å². The van der Waals surface area contributed by atoms with Crippen LogP contribution in [0.4, 0.5) is 0 Å². The molecule has 0 spiro atoms. The average Bonchev–Trinajstić information content (AvgIpc) is 2.57. The summed E-state index contributed by atoms with van der Waals surface area (Å²) in [6.45, 7) is 4.21. The minimum atomic E-state index is -0.627. The van der Waals surface area contributed by atoms with Gasteiger partial charge in [-0.15, -0.1) is 0 Å². The molecule has 0 bridgehead atoms. The molecule has 3 rings (SSSR count). The van der Waals surface area contributed by atoms with E-state index < -0.39 is 17.6 Å². The largest absolute Gasteiger partial charge is 0.423 e. The maximum Gasteiger partial charge on any atom is 0.344 e. The second-order valence-corrected chi connectivity index (χ2v) is 5.71. The van der Waals surface area contributed by atoms with E-state index in [0.29, 0.717) is 16.5 Å². The number of ether oxygens (including phenoxy) is 2. The molecule has 0 saturated heterocycles. The lowest BCUT2D eigenvalue weighted by atomic mass is 9.99. The Bertz CT molecular complexity index is 1060. The van der Waals surface area contributed by atoms with Crippen LogP contribution in [0.2, 0.25) is 0 Å². The first-order valence-corrected chi connectivity index (χ1v) is 7.91. The summed E-state index contributed by atoms with van der Waals surface area (Å²) in [6.07, 6.45) is 0. The second-order valence-electron chi connectivity index (χ2n) is 5.71. The Balaban J connectivity index is 2.33. The maximum absolute atomic E-state index is 12.6. The molecule has 1 aromatic heterocycles. The first kappa shape index (κ1) is 17.4. The molecule has 6 heteroatoms. The highest BCUT2D eigenvalue weighted by Gasteiger charge is 2.21. The number of esters is 2. The summed E-state index contributed by atoms with van der Waals surface area (Å²) in [7, 11) is 0. The number of hydrogen-bond donors (Lipinski definition) is 0. The number of carbonyl (C=O) groups excluding carboxylic acids is 2. The molecule has 0 atom stereocenters. The van der Waals surface area contributed by atoms with Crippen LogP contribution in [-0.2, 0) is 9.59 Å². The van der Waals surface area contributed by atoms with Crippen LogP contribution in [0.3, 0.4) is 0 Å². The molecule has 26 heavy (non-hydrogen) atoms. The van der Waals surface area contributed by atoms with Crippen molar-refractivity contribution in [1.82, 2.24) is 0 Å². The lowest BCUT2D eigenvalue weighted by Gasteiger charge is -2.13. The van der Waals surface area contributed by atoms with E-state index >= 15 is 0 Å². The van der Waals surface area contributed by atoms with Gasteiger partial charge in [0.2, 0.25) is 5.75 Å². The molecule has 132 valence electrons. The van der Waals surface area contributed by atoms with Crippen LogP contribution in [0.15, 0.2) is 51.7 Å². The van der Waals surface area contributed by atoms with Crippen LogP contribution in [0.25, 0.3) is 22.1 Å².